The van der Waals surface area contributed by atoms with Gasteiger partial charge in [0, 0.05) is 12.1 Å². The molecule has 0 saturated heterocycles. The summed E-state index contributed by atoms with van der Waals surface area (Å²) in [4.78, 5) is 11.8. The summed E-state index contributed by atoms with van der Waals surface area (Å²) in [6.45, 7) is 5.92. The van der Waals surface area contributed by atoms with Crippen molar-refractivity contribution in [2.75, 3.05) is 0 Å². The van der Waals surface area contributed by atoms with Crippen LogP contribution in [0.2, 0.25) is 0 Å². The Morgan fingerprint density at radius 3 is 2.62 bits per heavy atom. The summed E-state index contributed by atoms with van der Waals surface area (Å²) in [7, 11) is 0. The summed E-state index contributed by atoms with van der Waals surface area (Å²) in [6, 6.07) is 0.239. The van der Waals surface area contributed by atoms with Gasteiger partial charge in [0.15, 0.2) is 0 Å². The number of hydrogen-bond donors (Lipinski definition) is 2. The van der Waals surface area contributed by atoms with Crippen molar-refractivity contribution in [2.24, 2.45) is 11.1 Å². The number of hydrogen-bond acceptors (Lipinski definition) is 2. The lowest BCUT2D eigenvalue weighted by atomic mass is 9.84. The van der Waals surface area contributed by atoms with Crippen molar-refractivity contribution < 1.29 is 4.79 Å². The first-order valence-electron chi connectivity index (χ1n) is 5.03. The van der Waals surface area contributed by atoms with Gasteiger partial charge < -0.3 is 11.1 Å². The molecule has 0 aromatic rings. The largest absolute Gasteiger partial charge is 0.353 e. The zero-order valence-corrected chi connectivity index (χ0v) is 8.76. The maximum Gasteiger partial charge on any atom is 0.227 e. The monoisotopic (exact) mass is 184 g/mol. The van der Waals surface area contributed by atoms with Crippen LogP contribution in [0.5, 0.6) is 0 Å². The predicted octanol–water partition coefficient (Wildman–Crippen LogP) is 1.03. The molecule has 0 heterocycles. The van der Waals surface area contributed by atoms with Crippen LogP contribution in [0, 0.1) is 5.41 Å². The van der Waals surface area contributed by atoms with Gasteiger partial charge in [-0.1, -0.05) is 6.42 Å². The normalized spacial score (nSPS) is 33.8. The molecule has 2 unspecified atom stereocenters. The van der Waals surface area contributed by atoms with Crippen molar-refractivity contribution in [1.82, 2.24) is 5.32 Å². The predicted molar refractivity (Wildman–Crippen MR) is 53.2 cm³/mol. The van der Waals surface area contributed by atoms with E-state index in [-0.39, 0.29) is 23.4 Å². The number of carbonyl (C=O) groups is 1. The summed E-state index contributed by atoms with van der Waals surface area (Å²) >= 11 is 0. The standard InChI is InChI=1S/C10H20N2O/c1-7(2)12-9(13)10(3)6-4-5-8(10)11/h7-8H,4-6,11H2,1-3H3,(H,12,13). The third kappa shape index (κ3) is 2.02. The fraction of sp³-hybridized carbons (Fsp3) is 0.900. The molecule has 3 heteroatoms. The molecule has 1 rings (SSSR count). The second kappa shape index (κ2) is 3.66. The Morgan fingerprint density at radius 2 is 2.23 bits per heavy atom. The maximum atomic E-state index is 11.8. The van der Waals surface area contributed by atoms with E-state index in [4.69, 9.17) is 5.73 Å². The first-order valence-corrected chi connectivity index (χ1v) is 5.03. The minimum Gasteiger partial charge on any atom is -0.353 e. The summed E-state index contributed by atoms with van der Waals surface area (Å²) in [5.41, 5.74) is 5.60. The molecular weight excluding hydrogens is 164 g/mol. The summed E-state index contributed by atoms with van der Waals surface area (Å²) in [6.07, 6.45) is 2.97. The second-order valence-corrected chi connectivity index (χ2v) is 4.54. The van der Waals surface area contributed by atoms with Gasteiger partial charge in [0.05, 0.1) is 5.41 Å². The van der Waals surface area contributed by atoms with E-state index in [0.717, 1.165) is 19.3 Å². The zero-order chi connectivity index (χ0) is 10.1. The zero-order valence-electron chi connectivity index (χ0n) is 8.76. The Balaban J connectivity index is 2.63. The van der Waals surface area contributed by atoms with E-state index in [1.165, 1.54) is 0 Å². The van der Waals surface area contributed by atoms with Crippen molar-refractivity contribution in [1.29, 1.82) is 0 Å². The average molecular weight is 184 g/mol. The number of nitrogens with one attached hydrogen (secondary N) is 1. The van der Waals surface area contributed by atoms with Crippen LogP contribution in [-0.4, -0.2) is 18.0 Å². The second-order valence-electron chi connectivity index (χ2n) is 4.54. The highest BCUT2D eigenvalue weighted by molar-refractivity contribution is 5.83. The quantitative estimate of drug-likeness (QED) is 0.673. The van der Waals surface area contributed by atoms with Crippen molar-refractivity contribution in [2.45, 2.75) is 52.1 Å². The van der Waals surface area contributed by atoms with Crippen LogP contribution in [0.1, 0.15) is 40.0 Å². The molecule has 1 fully saturated rings. The van der Waals surface area contributed by atoms with E-state index in [1.807, 2.05) is 20.8 Å². The Bertz CT molecular complexity index is 203. The Hall–Kier alpha value is -0.570. The molecule has 1 saturated carbocycles. The summed E-state index contributed by atoms with van der Waals surface area (Å²) < 4.78 is 0. The first kappa shape index (κ1) is 10.5. The lowest BCUT2D eigenvalue weighted by Crippen LogP contribution is -2.49. The van der Waals surface area contributed by atoms with Crippen molar-refractivity contribution in [3.8, 4) is 0 Å². The average Bonchev–Trinajstić information content (AvgIpc) is 2.32. The number of nitrogens with two attached hydrogens (primary N) is 1. The van der Waals surface area contributed by atoms with Crippen LogP contribution < -0.4 is 11.1 Å². The van der Waals surface area contributed by atoms with Gasteiger partial charge >= 0.3 is 0 Å². The lowest BCUT2D eigenvalue weighted by Gasteiger charge is -2.28. The van der Waals surface area contributed by atoms with Crippen molar-refractivity contribution in [3.63, 3.8) is 0 Å². The lowest BCUT2D eigenvalue weighted by molar-refractivity contribution is -0.131. The van der Waals surface area contributed by atoms with E-state index < -0.39 is 0 Å². The third-order valence-electron chi connectivity index (χ3n) is 2.97. The molecule has 0 aromatic heterocycles. The van der Waals surface area contributed by atoms with E-state index in [1.54, 1.807) is 0 Å². The number of rotatable bonds is 2. The molecule has 0 spiro atoms. The summed E-state index contributed by atoms with van der Waals surface area (Å²) in [5.74, 6) is 0.118. The van der Waals surface area contributed by atoms with E-state index in [2.05, 4.69) is 5.32 Å². The van der Waals surface area contributed by atoms with Crippen molar-refractivity contribution >= 4 is 5.91 Å². The molecular formula is C10H20N2O. The molecule has 13 heavy (non-hydrogen) atoms. The Labute approximate surface area is 80.1 Å². The molecule has 2 atom stereocenters. The smallest absolute Gasteiger partial charge is 0.227 e. The van der Waals surface area contributed by atoms with Gasteiger partial charge in [0.1, 0.15) is 0 Å². The molecule has 3 nitrogen and oxygen atoms in total. The molecule has 0 bridgehead atoms. The number of amides is 1. The van der Waals surface area contributed by atoms with Gasteiger partial charge in [-0.25, -0.2) is 0 Å². The number of carbonyl (C=O) groups excluding carboxylic acids is 1. The van der Waals surface area contributed by atoms with Crippen LogP contribution in [0.4, 0.5) is 0 Å². The first-order chi connectivity index (χ1) is 5.97. The highest BCUT2D eigenvalue weighted by Crippen LogP contribution is 2.36. The molecule has 3 N–H and O–H groups in total. The Kier molecular flexibility index (Phi) is 2.96. The minimum atomic E-state index is -0.329. The van der Waals surface area contributed by atoms with Gasteiger partial charge in [-0.05, 0) is 33.6 Å². The molecule has 0 aromatic carbocycles. The summed E-state index contributed by atoms with van der Waals surface area (Å²) in [5, 5.41) is 2.94. The van der Waals surface area contributed by atoms with Crippen LogP contribution in [0.25, 0.3) is 0 Å². The molecule has 1 amide bonds. The fourth-order valence-electron chi connectivity index (χ4n) is 1.90. The Morgan fingerprint density at radius 1 is 1.62 bits per heavy atom. The van der Waals surface area contributed by atoms with E-state index in [0.29, 0.717) is 0 Å². The van der Waals surface area contributed by atoms with Gasteiger partial charge in [0.25, 0.3) is 0 Å². The minimum absolute atomic E-state index is 0.0336. The topological polar surface area (TPSA) is 55.1 Å². The highest BCUT2D eigenvalue weighted by atomic mass is 16.2. The highest BCUT2D eigenvalue weighted by Gasteiger charge is 2.42. The van der Waals surface area contributed by atoms with Crippen LogP contribution >= 0.6 is 0 Å². The molecule has 1 aliphatic rings. The molecule has 76 valence electrons. The van der Waals surface area contributed by atoms with Crippen LogP contribution in [0.15, 0.2) is 0 Å². The molecule has 0 radical (unpaired) electrons. The fourth-order valence-corrected chi connectivity index (χ4v) is 1.90. The van der Waals surface area contributed by atoms with E-state index in [9.17, 15) is 4.79 Å². The van der Waals surface area contributed by atoms with Crippen LogP contribution in [-0.2, 0) is 4.79 Å². The van der Waals surface area contributed by atoms with Gasteiger partial charge in [-0.2, -0.15) is 0 Å². The van der Waals surface area contributed by atoms with Crippen molar-refractivity contribution in [3.05, 3.63) is 0 Å². The SMILES string of the molecule is CC(C)NC(=O)C1(C)CCCC1N. The maximum absolute atomic E-state index is 11.8. The van der Waals surface area contributed by atoms with E-state index >= 15 is 0 Å². The third-order valence-corrected chi connectivity index (χ3v) is 2.97. The van der Waals surface area contributed by atoms with Gasteiger partial charge in [0.2, 0.25) is 5.91 Å². The molecule has 0 aliphatic heterocycles. The van der Waals surface area contributed by atoms with Gasteiger partial charge in [-0.15, -0.1) is 0 Å². The van der Waals surface area contributed by atoms with Gasteiger partial charge in [-0.3, -0.25) is 4.79 Å². The molecule has 1 aliphatic carbocycles. The van der Waals surface area contributed by atoms with Crippen LogP contribution in [0.3, 0.4) is 0 Å².